The number of benzene rings is 4. The fourth-order valence-corrected chi connectivity index (χ4v) is 6.41. The number of rotatable bonds is 12. The largest absolute Gasteiger partial charge is 0.355 e. The zero-order valence-corrected chi connectivity index (χ0v) is 27.1. The van der Waals surface area contributed by atoms with Crippen molar-refractivity contribution in [1.82, 2.24) is 10.2 Å². The van der Waals surface area contributed by atoms with Crippen molar-refractivity contribution in [2.75, 3.05) is 17.4 Å². The van der Waals surface area contributed by atoms with Gasteiger partial charge in [-0.25, -0.2) is 8.42 Å². The first-order valence-electron chi connectivity index (χ1n) is 13.8. The third-order valence-electron chi connectivity index (χ3n) is 6.89. The summed E-state index contributed by atoms with van der Waals surface area (Å²) in [5, 5.41) is 3.26. The monoisotopic (exact) mass is 681 g/mol. The summed E-state index contributed by atoms with van der Waals surface area (Å²) in [5.74, 6) is -0.840. The number of hydrogen-bond acceptors (Lipinski definition) is 4. The van der Waals surface area contributed by atoms with Crippen LogP contribution in [0.2, 0.25) is 5.02 Å². The molecule has 4 aromatic carbocycles. The number of carbonyl (C=O) groups is 2. The molecule has 0 fully saturated rings. The highest BCUT2D eigenvalue weighted by atomic mass is 79.9. The molecule has 0 aliphatic heterocycles. The summed E-state index contributed by atoms with van der Waals surface area (Å²) in [6, 6.07) is 28.7. The summed E-state index contributed by atoms with van der Waals surface area (Å²) < 4.78 is 30.0. The number of anilines is 1. The van der Waals surface area contributed by atoms with E-state index in [0.717, 1.165) is 25.5 Å². The lowest BCUT2D eigenvalue weighted by molar-refractivity contribution is -0.140. The van der Waals surface area contributed by atoms with Crippen LogP contribution >= 0.6 is 27.5 Å². The minimum atomic E-state index is -4.19. The number of amides is 2. The second kappa shape index (κ2) is 14.7. The van der Waals surface area contributed by atoms with Crippen LogP contribution in [0.3, 0.4) is 0 Å². The number of aryl methyl sites for hydroxylation is 1. The number of nitrogens with zero attached hydrogens (tertiary/aromatic N) is 2. The molecule has 0 bridgehead atoms. The van der Waals surface area contributed by atoms with Crippen LogP contribution in [0.5, 0.6) is 0 Å². The molecule has 4 aromatic rings. The topological polar surface area (TPSA) is 86.8 Å². The lowest BCUT2D eigenvalue weighted by Gasteiger charge is -2.34. The Kier molecular flexibility index (Phi) is 11.0. The number of carbonyl (C=O) groups excluding carboxylic acids is 2. The van der Waals surface area contributed by atoms with Gasteiger partial charge in [-0.3, -0.25) is 13.9 Å². The van der Waals surface area contributed by atoms with E-state index in [9.17, 15) is 18.0 Å². The second-order valence-electron chi connectivity index (χ2n) is 10.0. The van der Waals surface area contributed by atoms with Gasteiger partial charge in [-0.1, -0.05) is 87.7 Å². The van der Waals surface area contributed by atoms with Gasteiger partial charge in [0.2, 0.25) is 11.8 Å². The van der Waals surface area contributed by atoms with Crippen LogP contribution in [-0.2, 0) is 32.6 Å². The van der Waals surface area contributed by atoms with E-state index in [-0.39, 0.29) is 23.8 Å². The van der Waals surface area contributed by atoms with Crippen molar-refractivity contribution in [2.24, 2.45) is 0 Å². The molecular formula is C33H33BrClN3O4S. The van der Waals surface area contributed by atoms with E-state index < -0.39 is 28.5 Å². The highest BCUT2D eigenvalue weighted by Gasteiger charge is 2.34. The van der Waals surface area contributed by atoms with Gasteiger partial charge in [-0.05, 0) is 73.5 Å². The molecule has 1 unspecified atom stereocenters. The van der Waals surface area contributed by atoms with E-state index in [0.29, 0.717) is 17.3 Å². The average molecular weight is 683 g/mol. The normalized spacial score (nSPS) is 11.9. The van der Waals surface area contributed by atoms with E-state index in [1.807, 2.05) is 68.4 Å². The molecule has 0 radical (unpaired) electrons. The highest BCUT2D eigenvalue weighted by molar-refractivity contribution is 9.10. The smallest absolute Gasteiger partial charge is 0.264 e. The molecule has 0 aromatic heterocycles. The van der Waals surface area contributed by atoms with Gasteiger partial charge in [0.25, 0.3) is 10.0 Å². The SMILES string of the molecule is CCNC(=O)C(Cc1ccccc1)N(Cc1ccc(Br)cc1)C(=O)CN(c1ccc(C)cc1)S(=O)(=O)c1ccc(Cl)cc1. The van der Waals surface area contributed by atoms with Gasteiger partial charge < -0.3 is 10.2 Å². The molecule has 0 aliphatic carbocycles. The summed E-state index contributed by atoms with van der Waals surface area (Å²) in [7, 11) is -4.19. The third-order valence-corrected chi connectivity index (χ3v) is 9.46. The number of likely N-dealkylation sites (N-methyl/N-ethyl adjacent to an activating group) is 1. The Hall–Kier alpha value is -3.66. The summed E-state index contributed by atoms with van der Waals surface area (Å²) in [4.78, 5) is 29.3. The molecule has 1 N–H and O–H groups in total. The molecule has 0 saturated heterocycles. The van der Waals surface area contributed by atoms with Crippen LogP contribution in [0.1, 0.15) is 23.6 Å². The maximum absolute atomic E-state index is 14.3. The van der Waals surface area contributed by atoms with Crippen molar-refractivity contribution in [3.8, 4) is 0 Å². The molecule has 10 heteroatoms. The van der Waals surface area contributed by atoms with Crippen molar-refractivity contribution >= 4 is 55.1 Å². The van der Waals surface area contributed by atoms with Crippen molar-refractivity contribution in [3.63, 3.8) is 0 Å². The lowest BCUT2D eigenvalue weighted by Crippen LogP contribution is -2.53. The maximum atomic E-state index is 14.3. The van der Waals surface area contributed by atoms with Gasteiger partial charge in [0.05, 0.1) is 10.6 Å². The van der Waals surface area contributed by atoms with Crippen molar-refractivity contribution in [2.45, 2.75) is 37.8 Å². The molecule has 224 valence electrons. The third kappa shape index (κ3) is 8.46. The molecule has 2 amide bonds. The van der Waals surface area contributed by atoms with Crippen LogP contribution in [0.4, 0.5) is 5.69 Å². The first kappa shape index (κ1) is 32.3. The molecular weight excluding hydrogens is 650 g/mol. The predicted molar refractivity (Wildman–Crippen MR) is 174 cm³/mol. The van der Waals surface area contributed by atoms with Crippen LogP contribution in [-0.4, -0.2) is 44.3 Å². The zero-order chi connectivity index (χ0) is 31.0. The minimum absolute atomic E-state index is 0.00528. The van der Waals surface area contributed by atoms with Gasteiger partial charge >= 0.3 is 0 Å². The van der Waals surface area contributed by atoms with Crippen LogP contribution in [0.25, 0.3) is 0 Å². The van der Waals surface area contributed by atoms with Crippen molar-refractivity contribution < 1.29 is 18.0 Å². The van der Waals surface area contributed by atoms with Gasteiger partial charge in [-0.2, -0.15) is 0 Å². The first-order valence-corrected chi connectivity index (χ1v) is 16.4. The molecule has 4 rings (SSSR count). The molecule has 7 nitrogen and oxygen atoms in total. The van der Waals surface area contributed by atoms with Crippen molar-refractivity contribution in [3.05, 3.63) is 129 Å². The Morgan fingerprint density at radius 2 is 1.49 bits per heavy atom. The van der Waals surface area contributed by atoms with Crippen molar-refractivity contribution in [1.29, 1.82) is 0 Å². The maximum Gasteiger partial charge on any atom is 0.264 e. The number of nitrogens with one attached hydrogen (secondary N) is 1. The summed E-state index contributed by atoms with van der Waals surface area (Å²) in [5.41, 5.74) is 2.93. The fourth-order valence-electron chi connectivity index (χ4n) is 4.61. The summed E-state index contributed by atoms with van der Waals surface area (Å²) in [6.07, 6.45) is 0.253. The number of sulfonamides is 1. The molecule has 0 aliphatic rings. The minimum Gasteiger partial charge on any atom is -0.355 e. The number of halogens is 2. The zero-order valence-electron chi connectivity index (χ0n) is 23.9. The summed E-state index contributed by atoms with van der Waals surface area (Å²) in [6.45, 7) is 3.67. The highest BCUT2D eigenvalue weighted by Crippen LogP contribution is 2.26. The Morgan fingerprint density at radius 3 is 2.09 bits per heavy atom. The van der Waals surface area contributed by atoms with Crippen LogP contribution in [0, 0.1) is 6.92 Å². The fraction of sp³-hybridized carbons (Fsp3) is 0.212. The Labute approximate surface area is 266 Å². The Bertz CT molecular complexity index is 1630. The van der Waals surface area contributed by atoms with Gasteiger partial charge in [0.15, 0.2) is 0 Å². The molecule has 0 spiro atoms. The van der Waals surface area contributed by atoms with Gasteiger partial charge in [0.1, 0.15) is 12.6 Å². The standard InChI is InChI=1S/C33H33BrClN3O4S/c1-3-36-33(40)31(21-25-7-5-4-6-8-25)37(22-26-11-13-27(34)14-12-26)32(39)23-38(29-17-9-24(2)10-18-29)43(41,42)30-19-15-28(35)16-20-30/h4-20,31H,3,21-23H2,1-2H3,(H,36,40). The first-order chi connectivity index (χ1) is 20.6. The van der Waals surface area contributed by atoms with Gasteiger partial charge in [-0.15, -0.1) is 0 Å². The molecule has 1 atom stereocenters. The Balaban J connectivity index is 1.78. The molecule has 0 saturated carbocycles. The van der Waals surface area contributed by atoms with E-state index in [4.69, 9.17) is 11.6 Å². The van der Waals surface area contributed by atoms with E-state index in [1.165, 1.54) is 29.2 Å². The molecule has 0 heterocycles. The summed E-state index contributed by atoms with van der Waals surface area (Å²) >= 11 is 9.48. The lowest BCUT2D eigenvalue weighted by atomic mass is 10.0. The quantitative estimate of drug-likeness (QED) is 0.188. The van der Waals surface area contributed by atoms with E-state index >= 15 is 0 Å². The second-order valence-corrected chi connectivity index (χ2v) is 13.3. The van der Waals surface area contributed by atoms with E-state index in [2.05, 4.69) is 21.2 Å². The number of hydrogen-bond donors (Lipinski definition) is 1. The molecule has 43 heavy (non-hydrogen) atoms. The average Bonchev–Trinajstić information content (AvgIpc) is 3.00. The van der Waals surface area contributed by atoms with Crippen LogP contribution < -0.4 is 9.62 Å². The Morgan fingerprint density at radius 1 is 0.860 bits per heavy atom. The predicted octanol–water partition coefficient (Wildman–Crippen LogP) is 6.38. The van der Waals surface area contributed by atoms with Gasteiger partial charge in [0, 0.05) is 29.0 Å². The van der Waals surface area contributed by atoms with Crippen LogP contribution in [0.15, 0.2) is 112 Å². The van der Waals surface area contributed by atoms with E-state index in [1.54, 1.807) is 24.3 Å².